The lowest BCUT2D eigenvalue weighted by molar-refractivity contribution is 0.425. The normalized spacial score (nSPS) is 23.8. The summed E-state index contributed by atoms with van der Waals surface area (Å²) < 4.78 is 12.9. The molecule has 4 heteroatoms. The maximum absolute atomic E-state index is 12.9. The van der Waals surface area contributed by atoms with Crippen LogP contribution in [0.2, 0.25) is 0 Å². The van der Waals surface area contributed by atoms with Crippen LogP contribution in [0.25, 0.3) is 0 Å². The number of benzene rings is 1. The third-order valence-electron chi connectivity index (χ3n) is 3.28. The highest BCUT2D eigenvalue weighted by Crippen LogP contribution is 2.24. The zero-order chi connectivity index (χ0) is 13.0. The van der Waals surface area contributed by atoms with Crippen LogP contribution >= 0.6 is 0 Å². The Morgan fingerprint density at radius 1 is 1.33 bits per heavy atom. The van der Waals surface area contributed by atoms with Gasteiger partial charge in [0.1, 0.15) is 5.82 Å². The van der Waals surface area contributed by atoms with Crippen molar-refractivity contribution < 1.29 is 4.39 Å². The summed E-state index contributed by atoms with van der Waals surface area (Å²) >= 11 is 0. The summed E-state index contributed by atoms with van der Waals surface area (Å²) in [6.45, 7) is 7.35. The van der Waals surface area contributed by atoms with E-state index in [1.54, 1.807) is 0 Å². The molecule has 1 fully saturated rings. The molecule has 0 radical (unpaired) electrons. The summed E-state index contributed by atoms with van der Waals surface area (Å²) in [4.78, 5) is 0. The Hall–Kier alpha value is -0.970. The van der Waals surface area contributed by atoms with Gasteiger partial charge in [0.2, 0.25) is 0 Å². The first-order valence-electron chi connectivity index (χ1n) is 6.61. The molecule has 0 aliphatic carbocycles. The molecule has 1 aliphatic rings. The summed E-state index contributed by atoms with van der Waals surface area (Å²) in [6.07, 6.45) is 0. The van der Waals surface area contributed by atoms with Crippen molar-refractivity contribution in [2.75, 3.05) is 19.6 Å². The van der Waals surface area contributed by atoms with Crippen LogP contribution in [0.3, 0.4) is 0 Å². The largest absolute Gasteiger partial charge is 0.316 e. The number of rotatable bonds is 5. The van der Waals surface area contributed by atoms with Gasteiger partial charge in [-0.15, -0.1) is 0 Å². The minimum atomic E-state index is -0.181. The highest BCUT2D eigenvalue weighted by atomic mass is 19.1. The quantitative estimate of drug-likeness (QED) is 0.747. The zero-order valence-corrected chi connectivity index (χ0v) is 11.0. The molecule has 1 aliphatic heterocycles. The second-order valence-electron chi connectivity index (χ2n) is 5.37. The van der Waals surface area contributed by atoms with E-state index in [9.17, 15) is 4.39 Å². The summed E-state index contributed by atoms with van der Waals surface area (Å²) in [6, 6.07) is 7.01. The molecular weight excluding hydrogens is 229 g/mol. The van der Waals surface area contributed by atoms with Crippen LogP contribution in [0.4, 0.5) is 4.39 Å². The smallest absolute Gasteiger partial charge is 0.123 e. The maximum atomic E-state index is 12.9. The molecule has 0 saturated carbocycles. The van der Waals surface area contributed by atoms with Gasteiger partial charge in [-0.05, 0) is 30.2 Å². The van der Waals surface area contributed by atoms with E-state index in [-0.39, 0.29) is 11.9 Å². The Bertz CT molecular complexity index is 364. The number of halogens is 1. The number of nitrogens with one attached hydrogen (secondary N) is 3. The van der Waals surface area contributed by atoms with E-state index in [1.807, 2.05) is 12.1 Å². The lowest BCUT2D eigenvalue weighted by Gasteiger charge is -2.20. The number of hydrazine groups is 1. The number of hydrogen-bond acceptors (Lipinski definition) is 3. The monoisotopic (exact) mass is 251 g/mol. The van der Waals surface area contributed by atoms with E-state index in [2.05, 4.69) is 30.0 Å². The van der Waals surface area contributed by atoms with E-state index >= 15 is 0 Å². The van der Waals surface area contributed by atoms with Crippen LogP contribution in [-0.4, -0.2) is 19.6 Å². The third-order valence-corrected chi connectivity index (χ3v) is 3.28. The zero-order valence-electron chi connectivity index (χ0n) is 11.0. The molecule has 2 atom stereocenters. The van der Waals surface area contributed by atoms with E-state index in [0.29, 0.717) is 11.8 Å². The first-order chi connectivity index (χ1) is 8.66. The predicted molar refractivity (Wildman–Crippen MR) is 71.5 cm³/mol. The van der Waals surface area contributed by atoms with Crippen LogP contribution in [0.5, 0.6) is 0 Å². The molecule has 0 spiro atoms. The second-order valence-corrected chi connectivity index (χ2v) is 5.37. The van der Waals surface area contributed by atoms with Gasteiger partial charge in [-0.1, -0.05) is 26.0 Å². The Labute approximate surface area is 108 Å². The summed E-state index contributed by atoms with van der Waals surface area (Å²) in [5, 5.41) is 3.48. The fourth-order valence-electron chi connectivity index (χ4n) is 2.31. The van der Waals surface area contributed by atoms with Crippen molar-refractivity contribution in [2.45, 2.75) is 19.9 Å². The van der Waals surface area contributed by atoms with Gasteiger partial charge in [0, 0.05) is 19.0 Å². The van der Waals surface area contributed by atoms with Gasteiger partial charge in [0.25, 0.3) is 0 Å². The number of hydrogen-bond donors (Lipinski definition) is 3. The van der Waals surface area contributed by atoms with Crippen molar-refractivity contribution in [1.29, 1.82) is 0 Å². The maximum Gasteiger partial charge on any atom is 0.123 e. The van der Waals surface area contributed by atoms with Gasteiger partial charge in [-0.2, -0.15) is 0 Å². The molecule has 1 heterocycles. The molecule has 18 heavy (non-hydrogen) atoms. The van der Waals surface area contributed by atoms with Crippen molar-refractivity contribution in [2.24, 2.45) is 11.8 Å². The lowest BCUT2D eigenvalue weighted by atomic mass is 9.95. The van der Waals surface area contributed by atoms with Gasteiger partial charge < -0.3 is 5.32 Å². The molecule has 0 amide bonds. The molecule has 1 aromatic carbocycles. The van der Waals surface area contributed by atoms with Crippen LogP contribution in [0.1, 0.15) is 25.5 Å². The molecule has 100 valence electrons. The fourth-order valence-corrected chi connectivity index (χ4v) is 2.31. The second kappa shape index (κ2) is 6.27. The summed E-state index contributed by atoms with van der Waals surface area (Å²) in [5.74, 6) is 0.977. The van der Waals surface area contributed by atoms with Gasteiger partial charge >= 0.3 is 0 Å². The molecular formula is C14H22FN3. The van der Waals surface area contributed by atoms with Gasteiger partial charge in [-0.25, -0.2) is 9.82 Å². The molecule has 1 saturated heterocycles. The van der Waals surface area contributed by atoms with Crippen LogP contribution < -0.4 is 16.2 Å². The minimum absolute atomic E-state index is 0.181. The van der Waals surface area contributed by atoms with Crippen LogP contribution in [-0.2, 0) is 0 Å². The van der Waals surface area contributed by atoms with Crippen LogP contribution in [0, 0.1) is 17.7 Å². The minimum Gasteiger partial charge on any atom is -0.316 e. The fraction of sp³-hybridized carbons (Fsp3) is 0.571. The molecule has 2 unspecified atom stereocenters. The first kappa shape index (κ1) is 13.5. The Morgan fingerprint density at radius 3 is 2.72 bits per heavy atom. The molecule has 3 nitrogen and oxygen atoms in total. The van der Waals surface area contributed by atoms with E-state index in [0.717, 1.165) is 25.2 Å². The van der Waals surface area contributed by atoms with E-state index < -0.39 is 0 Å². The SMILES string of the molecule is CC(C)CNCC1CNNC1c1ccc(F)cc1. The predicted octanol–water partition coefficient (Wildman–Crippen LogP) is 1.84. The van der Waals surface area contributed by atoms with Crippen LogP contribution in [0.15, 0.2) is 24.3 Å². The van der Waals surface area contributed by atoms with Crippen molar-refractivity contribution in [3.8, 4) is 0 Å². The standard InChI is InChI=1S/C14H22FN3/c1-10(2)7-16-8-12-9-17-18-14(12)11-3-5-13(15)6-4-11/h3-6,10,12,14,16-18H,7-9H2,1-2H3. The topological polar surface area (TPSA) is 36.1 Å². The van der Waals surface area contributed by atoms with E-state index in [4.69, 9.17) is 0 Å². The Morgan fingerprint density at radius 2 is 2.06 bits per heavy atom. The molecule has 1 aromatic rings. The summed E-state index contributed by atoms with van der Waals surface area (Å²) in [7, 11) is 0. The average Bonchev–Trinajstić information content (AvgIpc) is 2.78. The Kier molecular flexibility index (Phi) is 4.69. The van der Waals surface area contributed by atoms with Gasteiger partial charge in [0.05, 0.1) is 6.04 Å². The van der Waals surface area contributed by atoms with Gasteiger partial charge in [-0.3, -0.25) is 5.43 Å². The molecule has 2 rings (SSSR count). The first-order valence-corrected chi connectivity index (χ1v) is 6.61. The summed E-state index contributed by atoms with van der Waals surface area (Å²) in [5.41, 5.74) is 7.59. The van der Waals surface area contributed by atoms with Crippen molar-refractivity contribution in [1.82, 2.24) is 16.2 Å². The lowest BCUT2D eigenvalue weighted by Crippen LogP contribution is -2.30. The molecule has 0 bridgehead atoms. The van der Waals surface area contributed by atoms with Gasteiger partial charge in [0.15, 0.2) is 0 Å². The Balaban J connectivity index is 1.92. The van der Waals surface area contributed by atoms with Crippen molar-refractivity contribution in [3.63, 3.8) is 0 Å². The van der Waals surface area contributed by atoms with Crippen molar-refractivity contribution >= 4 is 0 Å². The van der Waals surface area contributed by atoms with Crippen molar-refractivity contribution in [3.05, 3.63) is 35.6 Å². The highest BCUT2D eigenvalue weighted by Gasteiger charge is 2.27. The average molecular weight is 251 g/mol. The highest BCUT2D eigenvalue weighted by molar-refractivity contribution is 5.21. The van der Waals surface area contributed by atoms with E-state index in [1.165, 1.54) is 12.1 Å². The molecule has 3 N–H and O–H groups in total. The molecule has 0 aromatic heterocycles. The third kappa shape index (κ3) is 3.51.